The van der Waals surface area contributed by atoms with Gasteiger partial charge in [-0.15, -0.1) is 30.6 Å². The van der Waals surface area contributed by atoms with Crippen LogP contribution in [0.1, 0.15) is 31.2 Å². The van der Waals surface area contributed by atoms with Gasteiger partial charge in [-0.2, -0.15) is 0 Å². The van der Waals surface area contributed by atoms with E-state index in [1.54, 1.807) is 0 Å². The molecular weight excluding hydrogens is 451 g/mol. The predicted octanol–water partition coefficient (Wildman–Crippen LogP) is 3.89. The van der Waals surface area contributed by atoms with E-state index in [0.29, 0.717) is 0 Å². The maximum atomic E-state index is 5.42. The molecule has 0 spiro atoms. The van der Waals surface area contributed by atoms with Gasteiger partial charge in [0.05, 0.1) is 13.2 Å². The number of morpholine rings is 1. The van der Waals surface area contributed by atoms with Crippen molar-refractivity contribution in [2.45, 2.75) is 32.2 Å². The van der Waals surface area contributed by atoms with Crippen molar-refractivity contribution in [1.82, 2.24) is 10.2 Å². The number of rotatable bonds is 9. The molecule has 0 bridgehead atoms. The fourth-order valence-electron chi connectivity index (χ4n) is 3.13. The van der Waals surface area contributed by atoms with Crippen LogP contribution in [0.3, 0.4) is 0 Å². The summed E-state index contributed by atoms with van der Waals surface area (Å²) in [6, 6.07) is 8.80. The zero-order valence-electron chi connectivity index (χ0n) is 16.8. The molecule has 5 nitrogen and oxygen atoms in total. The van der Waals surface area contributed by atoms with E-state index in [2.05, 4.69) is 58.0 Å². The molecule has 1 aromatic rings. The molecule has 0 saturated carbocycles. The van der Waals surface area contributed by atoms with Crippen molar-refractivity contribution >= 4 is 35.6 Å². The fraction of sp³-hybridized carbons (Fsp3) is 0.571. The summed E-state index contributed by atoms with van der Waals surface area (Å²) in [5.41, 5.74) is 2.54. The number of unbranched alkanes of at least 4 members (excludes halogenated alkanes) is 3. The van der Waals surface area contributed by atoms with Crippen LogP contribution in [0.4, 0.5) is 5.69 Å². The molecule has 0 aliphatic carbocycles. The normalized spacial score (nSPS) is 14.4. The number of halogens is 1. The Morgan fingerprint density at radius 3 is 2.56 bits per heavy atom. The highest BCUT2D eigenvalue weighted by Crippen LogP contribution is 2.16. The molecule has 1 fully saturated rings. The van der Waals surface area contributed by atoms with Crippen LogP contribution in [0.2, 0.25) is 0 Å². The number of anilines is 1. The Bertz CT molecular complexity index is 556. The molecule has 1 aliphatic heterocycles. The van der Waals surface area contributed by atoms with E-state index in [0.717, 1.165) is 51.8 Å². The second kappa shape index (κ2) is 13.8. The first kappa shape index (κ1) is 23.8. The van der Waals surface area contributed by atoms with E-state index in [1.807, 2.05) is 13.1 Å². The van der Waals surface area contributed by atoms with Crippen LogP contribution in [-0.2, 0) is 11.3 Å². The number of ether oxygens (including phenoxy) is 1. The first-order chi connectivity index (χ1) is 12.7. The topological polar surface area (TPSA) is 40.1 Å². The largest absolute Gasteiger partial charge is 0.378 e. The SMILES string of the molecule is C=CCCCCCN(C)C(=NC)NCc1ccc(N2CCOCC2)cc1.I. The maximum Gasteiger partial charge on any atom is 0.193 e. The van der Waals surface area contributed by atoms with E-state index < -0.39 is 0 Å². The van der Waals surface area contributed by atoms with Crippen LogP contribution in [-0.4, -0.2) is 57.8 Å². The molecular formula is C21H35IN4O. The Morgan fingerprint density at radius 1 is 1.22 bits per heavy atom. The Morgan fingerprint density at radius 2 is 1.93 bits per heavy atom. The standard InChI is InChI=1S/C21H34N4O.HI/c1-4-5-6-7-8-13-24(3)21(22-2)23-18-19-9-11-20(12-10-19)25-14-16-26-17-15-25;/h4,9-12H,1,5-8,13-18H2,2-3H3,(H,22,23);1H. The van der Waals surface area contributed by atoms with Gasteiger partial charge >= 0.3 is 0 Å². The first-order valence-corrected chi connectivity index (χ1v) is 9.69. The highest BCUT2D eigenvalue weighted by molar-refractivity contribution is 14.0. The van der Waals surface area contributed by atoms with Gasteiger partial charge in [0.15, 0.2) is 5.96 Å². The molecule has 0 amide bonds. The number of hydrogen-bond acceptors (Lipinski definition) is 3. The van der Waals surface area contributed by atoms with Crippen molar-refractivity contribution in [1.29, 1.82) is 0 Å². The number of guanidine groups is 1. The van der Waals surface area contributed by atoms with Crippen molar-refractivity contribution in [2.75, 3.05) is 51.8 Å². The van der Waals surface area contributed by atoms with Crippen LogP contribution >= 0.6 is 24.0 Å². The van der Waals surface area contributed by atoms with Crippen molar-refractivity contribution in [3.8, 4) is 0 Å². The molecule has 2 rings (SSSR count). The lowest BCUT2D eigenvalue weighted by molar-refractivity contribution is 0.122. The molecule has 1 aromatic carbocycles. The van der Waals surface area contributed by atoms with E-state index in [1.165, 1.54) is 30.5 Å². The molecule has 152 valence electrons. The van der Waals surface area contributed by atoms with Crippen molar-refractivity contribution < 1.29 is 4.74 Å². The summed E-state index contributed by atoms with van der Waals surface area (Å²) in [4.78, 5) is 8.98. The predicted molar refractivity (Wildman–Crippen MR) is 126 cm³/mol. The zero-order valence-corrected chi connectivity index (χ0v) is 19.2. The summed E-state index contributed by atoms with van der Waals surface area (Å²) >= 11 is 0. The smallest absolute Gasteiger partial charge is 0.193 e. The van der Waals surface area contributed by atoms with E-state index >= 15 is 0 Å². The number of nitrogens with one attached hydrogen (secondary N) is 1. The number of nitrogens with zero attached hydrogens (tertiary/aromatic N) is 3. The van der Waals surface area contributed by atoms with Gasteiger partial charge in [-0.25, -0.2) is 0 Å². The Labute approximate surface area is 181 Å². The quantitative estimate of drug-likeness (QED) is 0.189. The number of allylic oxidation sites excluding steroid dienone is 1. The molecule has 0 atom stereocenters. The van der Waals surface area contributed by atoms with Gasteiger partial charge in [0.25, 0.3) is 0 Å². The average molecular weight is 486 g/mol. The van der Waals surface area contributed by atoms with Gasteiger partial charge in [0.1, 0.15) is 0 Å². The lowest BCUT2D eigenvalue weighted by atomic mass is 10.2. The van der Waals surface area contributed by atoms with Gasteiger partial charge in [0, 0.05) is 46.0 Å². The molecule has 1 aliphatic rings. The van der Waals surface area contributed by atoms with Gasteiger partial charge in [-0.3, -0.25) is 4.99 Å². The number of benzene rings is 1. The molecule has 1 N–H and O–H groups in total. The summed E-state index contributed by atoms with van der Waals surface area (Å²) in [5, 5.41) is 3.46. The summed E-state index contributed by atoms with van der Waals surface area (Å²) in [6.07, 6.45) is 6.74. The van der Waals surface area contributed by atoms with Gasteiger partial charge in [0.2, 0.25) is 0 Å². The van der Waals surface area contributed by atoms with Crippen LogP contribution in [0, 0.1) is 0 Å². The van der Waals surface area contributed by atoms with Crippen molar-refractivity contribution in [3.05, 3.63) is 42.5 Å². The summed E-state index contributed by atoms with van der Waals surface area (Å²) in [6.45, 7) is 9.17. The average Bonchev–Trinajstić information content (AvgIpc) is 2.69. The van der Waals surface area contributed by atoms with Gasteiger partial charge < -0.3 is 19.9 Å². The van der Waals surface area contributed by atoms with Crippen LogP contribution in [0.5, 0.6) is 0 Å². The van der Waals surface area contributed by atoms with Crippen molar-refractivity contribution in [2.24, 2.45) is 4.99 Å². The highest BCUT2D eigenvalue weighted by atomic mass is 127. The van der Waals surface area contributed by atoms with Crippen LogP contribution in [0.15, 0.2) is 41.9 Å². The number of hydrogen-bond donors (Lipinski definition) is 1. The third-order valence-corrected chi connectivity index (χ3v) is 4.74. The monoisotopic (exact) mass is 486 g/mol. The molecule has 1 saturated heterocycles. The minimum absolute atomic E-state index is 0. The first-order valence-electron chi connectivity index (χ1n) is 9.69. The van der Waals surface area contributed by atoms with Gasteiger partial charge in [-0.05, 0) is 37.0 Å². The number of aliphatic imine (C=N–C) groups is 1. The molecule has 0 aromatic heterocycles. The minimum Gasteiger partial charge on any atom is -0.378 e. The van der Waals surface area contributed by atoms with Crippen molar-refractivity contribution in [3.63, 3.8) is 0 Å². The maximum absolute atomic E-state index is 5.42. The Balaban J connectivity index is 0.00000364. The van der Waals surface area contributed by atoms with E-state index in [-0.39, 0.29) is 24.0 Å². The molecule has 0 unspecified atom stereocenters. The summed E-state index contributed by atoms with van der Waals surface area (Å²) in [5.74, 6) is 0.950. The van der Waals surface area contributed by atoms with Crippen LogP contribution in [0.25, 0.3) is 0 Å². The lowest BCUT2D eigenvalue weighted by Crippen LogP contribution is -2.39. The molecule has 6 heteroatoms. The summed E-state index contributed by atoms with van der Waals surface area (Å²) in [7, 11) is 3.95. The third kappa shape index (κ3) is 8.51. The van der Waals surface area contributed by atoms with E-state index in [9.17, 15) is 0 Å². The Hall–Kier alpha value is -1.28. The molecule has 27 heavy (non-hydrogen) atoms. The minimum atomic E-state index is 0. The van der Waals surface area contributed by atoms with E-state index in [4.69, 9.17) is 4.74 Å². The zero-order chi connectivity index (χ0) is 18.6. The molecule has 0 radical (unpaired) electrons. The Kier molecular flexibility index (Phi) is 12.2. The second-order valence-corrected chi connectivity index (χ2v) is 6.73. The van der Waals surface area contributed by atoms with Gasteiger partial charge in [-0.1, -0.05) is 24.6 Å². The fourth-order valence-corrected chi connectivity index (χ4v) is 3.13. The molecule has 1 heterocycles. The van der Waals surface area contributed by atoms with Crippen LogP contribution < -0.4 is 10.2 Å². The third-order valence-electron chi connectivity index (χ3n) is 4.74. The highest BCUT2D eigenvalue weighted by Gasteiger charge is 2.11. The lowest BCUT2D eigenvalue weighted by Gasteiger charge is -2.29. The second-order valence-electron chi connectivity index (χ2n) is 6.73. The summed E-state index contributed by atoms with van der Waals surface area (Å²) < 4.78 is 5.42.